The molecular formula is C38H59NO11. The van der Waals surface area contributed by atoms with Crippen LogP contribution in [0.1, 0.15) is 76.0 Å². The number of aryl methyl sites for hydroxylation is 2. The highest BCUT2D eigenvalue weighted by molar-refractivity contribution is 6.20. The van der Waals surface area contributed by atoms with Gasteiger partial charge >= 0.3 is 11.9 Å². The van der Waals surface area contributed by atoms with E-state index >= 15 is 0 Å². The van der Waals surface area contributed by atoms with E-state index in [-0.39, 0.29) is 30.5 Å². The predicted octanol–water partition coefficient (Wildman–Crippen LogP) is 4.72. The fraction of sp³-hybridized carbons (Fsp3) is 0.737. The topological polar surface area (TPSA) is 131 Å². The van der Waals surface area contributed by atoms with Gasteiger partial charge in [-0.15, -0.1) is 0 Å². The van der Waals surface area contributed by atoms with Crippen molar-refractivity contribution in [2.24, 2.45) is 0 Å². The van der Waals surface area contributed by atoms with E-state index in [9.17, 15) is 14.7 Å². The number of ether oxygens (including phenoxy) is 8. The third-order valence-corrected chi connectivity index (χ3v) is 9.15. The lowest BCUT2D eigenvalue weighted by Gasteiger charge is -2.39. The van der Waals surface area contributed by atoms with Gasteiger partial charge in [-0.25, -0.2) is 9.59 Å². The predicted molar refractivity (Wildman–Crippen MR) is 187 cm³/mol. The molecule has 1 aliphatic carbocycles. The minimum absolute atomic E-state index is 0.0826. The molecule has 0 unspecified atom stereocenters. The van der Waals surface area contributed by atoms with E-state index in [2.05, 4.69) is 4.90 Å². The first-order chi connectivity index (χ1) is 24.0. The van der Waals surface area contributed by atoms with Gasteiger partial charge in [0, 0.05) is 19.6 Å². The fourth-order valence-electron chi connectivity index (χ4n) is 6.61. The second kappa shape index (κ2) is 19.9. The molecule has 2 heterocycles. The Hall–Kier alpha value is -2.58. The van der Waals surface area contributed by atoms with Crippen molar-refractivity contribution in [1.82, 2.24) is 4.90 Å². The molecule has 0 atom stereocenters. The zero-order chi connectivity index (χ0) is 36.0. The number of hydrogen-bond acceptors (Lipinski definition) is 12. The second-order valence-corrected chi connectivity index (χ2v) is 14.4. The Morgan fingerprint density at radius 1 is 0.840 bits per heavy atom. The molecule has 0 aromatic heterocycles. The van der Waals surface area contributed by atoms with Crippen LogP contribution in [0.4, 0.5) is 0 Å². The van der Waals surface area contributed by atoms with Gasteiger partial charge in [0.1, 0.15) is 17.8 Å². The number of nitrogens with zero attached hydrogens (tertiary/aromatic N) is 1. The summed E-state index contributed by atoms with van der Waals surface area (Å²) in [6, 6.07) is 5.88. The number of carbonyl (C=O) groups excluding carboxylic acids is 2. The number of benzene rings is 1. The van der Waals surface area contributed by atoms with Gasteiger partial charge in [-0.3, -0.25) is 0 Å². The summed E-state index contributed by atoms with van der Waals surface area (Å²) in [6.45, 7) is 16.5. The highest BCUT2D eigenvalue weighted by Gasteiger charge is 2.51. The summed E-state index contributed by atoms with van der Waals surface area (Å²) in [5, 5.41) is 11.2. The number of aliphatic hydroxyl groups excluding tert-OH is 1. The molecule has 282 valence electrons. The van der Waals surface area contributed by atoms with E-state index in [4.69, 9.17) is 37.9 Å². The molecule has 50 heavy (non-hydrogen) atoms. The molecule has 2 fully saturated rings. The maximum absolute atomic E-state index is 12.9. The number of piperidine rings is 1. The number of aliphatic hydroxyl groups is 1. The Balaban J connectivity index is 0.956. The Morgan fingerprint density at radius 3 is 1.94 bits per heavy atom. The summed E-state index contributed by atoms with van der Waals surface area (Å²) < 4.78 is 45.0. The van der Waals surface area contributed by atoms with E-state index in [1.165, 1.54) is 0 Å². The van der Waals surface area contributed by atoms with E-state index < -0.39 is 17.2 Å². The lowest BCUT2D eigenvalue weighted by Crippen LogP contribution is -2.43. The number of rotatable bonds is 20. The molecule has 1 N–H and O–H groups in total. The van der Waals surface area contributed by atoms with Crippen LogP contribution >= 0.6 is 0 Å². The summed E-state index contributed by atoms with van der Waals surface area (Å²) in [5.41, 5.74) is 1.69. The van der Waals surface area contributed by atoms with Gasteiger partial charge in [-0.2, -0.15) is 0 Å². The lowest BCUT2D eigenvalue weighted by atomic mass is 9.80. The quantitative estimate of drug-likeness (QED) is 0.149. The van der Waals surface area contributed by atoms with Crippen molar-refractivity contribution < 1.29 is 52.6 Å². The van der Waals surface area contributed by atoms with E-state index in [0.29, 0.717) is 77.9 Å². The largest absolute Gasteiger partial charge is 0.507 e. The molecule has 0 bridgehead atoms. The molecule has 1 aromatic carbocycles. The molecule has 2 aliphatic heterocycles. The van der Waals surface area contributed by atoms with Crippen LogP contribution in [0.15, 0.2) is 24.0 Å². The van der Waals surface area contributed by atoms with Crippen LogP contribution < -0.4 is 0 Å². The van der Waals surface area contributed by atoms with Crippen molar-refractivity contribution in [2.75, 3.05) is 85.7 Å². The van der Waals surface area contributed by atoms with Crippen LogP contribution in [0.3, 0.4) is 0 Å². The van der Waals surface area contributed by atoms with Crippen molar-refractivity contribution in [3.05, 3.63) is 40.6 Å². The maximum atomic E-state index is 12.9. The Morgan fingerprint density at radius 2 is 1.38 bits per heavy atom. The van der Waals surface area contributed by atoms with Crippen molar-refractivity contribution >= 4 is 17.5 Å². The van der Waals surface area contributed by atoms with E-state index in [0.717, 1.165) is 62.0 Å². The van der Waals surface area contributed by atoms with Crippen LogP contribution in [0, 0.1) is 13.8 Å². The first kappa shape index (κ1) is 40.2. The maximum Gasteiger partial charge on any atom is 0.343 e. The third-order valence-electron chi connectivity index (χ3n) is 9.15. The molecule has 0 radical (unpaired) electrons. The van der Waals surface area contributed by atoms with Crippen LogP contribution in [0.5, 0.6) is 0 Å². The van der Waals surface area contributed by atoms with Crippen LogP contribution in [0.2, 0.25) is 0 Å². The number of hydrogen-bond donors (Lipinski definition) is 1. The molecule has 4 rings (SSSR count). The molecule has 1 aromatic rings. The molecule has 1 saturated heterocycles. The SMILES string of the molecule is Cc1ccc(C2=C(O)C3(CCC(OC4CCN(CCOCCOCCOCCOCCOCC(=O)OC(C)(C)C)CC4)CC3)OC2=O)c(C)c1. The fourth-order valence-corrected chi connectivity index (χ4v) is 6.61. The third kappa shape index (κ3) is 12.9. The van der Waals surface area contributed by atoms with Crippen molar-refractivity contribution in [1.29, 1.82) is 0 Å². The average Bonchev–Trinajstić information content (AvgIpc) is 3.29. The van der Waals surface area contributed by atoms with Crippen LogP contribution in [-0.2, 0) is 47.5 Å². The number of esters is 2. The Bertz CT molecular complexity index is 1240. The van der Waals surface area contributed by atoms with Gasteiger partial charge in [-0.05, 0) is 84.3 Å². The van der Waals surface area contributed by atoms with Crippen molar-refractivity contribution in [3.63, 3.8) is 0 Å². The van der Waals surface area contributed by atoms with Gasteiger partial charge in [-0.1, -0.05) is 23.8 Å². The molecular weight excluding hydrogens is 646 g/mol. The van der Waals surface area contributed by atoms with Gasteiger partial charge < -0.3 is 47.9 Å². The average molecular weight is 706 g/mol. The molecule has 12 heteroatoms. The molecule has 1 saturated carbocycles. The minimum atomic E-state index is -0.925. The van der Waals surface area contributed by atoms with Gasteiger partial charge in [0.15, 0.2) is 11.4 Å². The van der Waals surface area contributed by atoms with Gasteiger partial charge in [0.2, 0.25) is 0 Å². The normalized spacial score (nSPS) is 22.0. The summed E-state index contributed by atoms with van der Waals surface area (Å²) in [5.74, 6) is -0.732. The van der Waals surface area contributed by atoms with Crippen LogP contribution in [0.25, 0.3) is 5.57 Å². The summed E-state index contributed by atoms with van der Waals surface area (Å²) in [7, 11) is 0. The molecule has 0 amide bonds. The van der Waals surface area contributed by atoms with E-state index in [1.807, 2.05) is 52.8 Å². The minimum Gasteiger partial charge on any atom is -0.507 e. The smallest absolute Gasteiger partial charge is 0.343 e. The Kier molecular flexibility index (Phi) is 16.0. The monoisotopic (exact) mass is 705 g/mol. The first-order valence-corrected chi connectivity index (χ1v) is 18.2. The van der Waals surface area contributed by atoms with Crippen LogP contribution in [-0.4, -0.2) is 131 Å². The highest BCUT2D eigenvalue weighted by Crippen LogP contribution is 2.46. The Labute approximate surface area is 297 Å². The first-order valence-electron chi connectivity index (χ1n) is 18.2. The summed E-state index contributed by atoms with van der Waals surface area (Å²) >= 11 is 0. The van der Waals surface area contributed by atoms with Gasteiger partial charge in [0.05, 0.1) is 71.7 Å². The lowest BCUT2D eigenvalue weighted by molar-refractivity contribution is -0.160. The van der Waals surface area contributed by atoms with Gasteiger partial charge in [0.25, 0.3) is 0 Å². The highest BCUT2D eigenvalue weighted by atomic mass is 16.6. The van der Waals surface area contributed by atoms with E-state index in [1.54, 1.807) is 0 Å². The summed E-state index contributed by atoms with van der Waals surface area (Å²) in [6.07, 6.45) is 4.95. The standard InChI is InChI=1S/C38H59NO11/c1-28-6-7-32(29(2)26-28)34-35(41)38(50-36(34)42)12-8-30(9-13-38)48-31-10-14-39(15-11-31)16-17-43-18-19-44-20-21-45-22-23-46-24-25-47-27-33(40)49-37(3,4)5/h6-7,26,30-31,41H,8-25,27H2,1-5H3. The van der Waals surface area contributed by atoms with Crippen molar-refractivity contribution in [3.8, 4) is 0 Å². The summed E-state index contributed by atoms with van der Waals surface area (Å²) in [4.78, 5) is 26.8. The second-order valence-electron chi connectivity index (χ2n) is 14.4. The zero-order valence-electron chi connectivity index (χ0n) is 30.8. The molecule has 12 nitrogen and oxygen atoms in total. The molecule has 3 aliphatic rings. The number of carbonyl (C=O) groups is 2. The number of likely N-dealkylation sites (tertiary alicyclic amines) is 1. The molecule has 1 spiro atoms. The van der Waals surface area contributed by atoms with Crippen molar-refractivity contribution in [2.45, 2.75) is 96.6 Å². The zero-order valence-corrected chi connectivity index (χ0v) is 30.8.